The van der Waals surface area contributed by atoms with Gasteiger partial charge in [0, 0.05) is 21.8 Å². The quantitative estimate of drug-likeness (QED) is 0.689. The highest BCUT2D eigenvalue weighted by Gasteiger charge is 2.10. The van der Waals surface area contributed by atoms with Crippen LogP contribution < -0.4 is 10.6 Å². The number of carbonyl (C=O) groups is 2. The Morgan fingerprint density at radius 1 is 1.04 bits per heavy atom. The number of hydrogen-bond acceptors (Lipinski definition) is 2. The van der Waals surface area contributed by atoms with Gasteiger partial charge in [0.1, 0.15) is 0 Å². The third kappa shape index (κ3) is 3.70. The van der Waals surface area contributed by atoms with E-state index in [2.05, 4.69) is 15.6 Å². The van der Waals surface area contributed by atoms with Crippen LogP contribution in [0.1, 0.15) is 16.1 Å². The van der Waals surface area contributed by atoms with Gasteiger partial charge in [-0.3, -0.25) is 10.1 Å². The summed E-state index contributed by atoms with van der Waals surface area (Å²) in [4.78, 5) is 26.9. The average Bonchev–Trinajstić information content (AvgIpc) is 2.96. The summed E-state index contributed by atoms with van der Waals surface area (Å²) in [5.41, 5.74) is 2.23. The fourth-order valence-electron chi connectivity index (χ4n) is 2.22. The number of halogens is 1. The van der Waals surface area contributed by atoms with Gasteiger partial charge in [0.05, 0.1) is 6.54 Å². The minimum atomic E-state index is -0.552. The number of aromatic nitrogens is 1. The van der Waals surface area contributed by atoms with Crippen LogP contribution in [0.4, 0.5) is 4.79 Å². The van der Waals surface area contributed by atoms with E-state index in [0.29, 0.717) is 17.1 Å². The minimum Gasteiger partial charge on any atom is -0.357 e. The van der Waals surface area contributed by atoms with Gasteiger partial charge in [0.25, 0.3) is 5.91 Å². The molecule has 0 saturated heterocycles. The molecule has 0 spiro atoms. The van der Waals surface area contributed by atoms with Crippen molar-refractivity contribution in [3.8, 4) is 0 Å². The zero-order valence-electron chi connectivity index (χ0n) is 12.1. The van der Waals surface area contributed by atoms with Crippen LogP contribution in [0.5, 0.6) is 0 Å². The molecule has 3 N–H and O–H groups in total. The maximum Gasteiger partial charge on any atom is 0.322 e. The van der Waals surface area contributed by atoms with Crippen LogP contribution in [0.3, 0.4) is 0 Å². The maximum absolute atomic E-state index is 11.9. The molecule has 0 atom stereocenters. The number of H-pyrrole nitrogens is 1. The highest BCUT2D eigenvalue weighted by Crippen LogP contribution is 2.14. The molecule has 0 radical (unpaired) electrons. The van der Waals surface area contributed by atoms with E-state index in [9.17, 15) is 9.59 Å². The topological polar surface area (TPSA) is 74.0 Å². The molecule has 0 bridgehead atoms. The normalized spacial score (nSPS) is 10.5. The van der Waals surface area contributed by atoms with Gasteiger partial charge in [-0.1, -0.05) is 29.8 Å². The predicted molar refractivity (Wildman–Crippen MR) is 89.5 cm³/mol. The van der Waals surface area contributed by atoms with E-state index in [1.54, 1.807) is 24.3 Å². The molecule has 0 aliphatic heterocycles. The predicted octanol–water partition coefficient (Wildman–Crippen LogP) is 3.46. The summed E-state index contributed by atoms with van der Waals surface area (Å²) in [6, 6.07) is 15.5. The largest absolute Gasteiger partial charge is 0.357 e. The Kier molecular flexibility index (Phi) is 4.30. The number of imide groups is 1. The first kappa shape index (κ1) is 15.1. The van der Waals surface area contributed by atoms with E-state index in [0.717, 1.165) is 16.6 Å². The molecule has 116 valence electrons. The Morgan fingerprint density at radius 3 is 2.52 bits per heavy atom. The van der Waals surface area contributed by atoms with Crippen LogP contribution in [0, 0.1) is 0 Å². The molecule has 0 unspecified atom stereocenters. The first-order chi connectivity index (χ1) is 11.1. The van der Waals surface area contributed by atoms with E-state index in [-0.39, 0.29) is 0 Å². The molecule has 0 saturated carbocycles. The molecule has 3 rings (SSSR count). The van der Waals surface area contributed by atoms with Crippen molar-refractivity contribution >= 4 is 34.4 Å². The summed E-state index contributed by atoms with van der Waals surface area (Å²) < 4.78 is 0. The number of para-hydroxylation sites is 1. The first-order valence-electron chi connectivity index (χ1n) is 7.03. The number of benzene rings is 2. The lowest BCUT2D eigenvalue weighted by Gasteiger charge is -2.06. The van der Waals surface area contributed by atoms with Crippen molar-refractivity contribution in [1.29, 1.82) is 0 Å². The van der Waals surface area contributed by atoms with E-state index in [1.165, 1.54) is 0 Å². The van der Waals surface area contributed by atoms with Crippen LogP contribution in [-0.2, 0) is 6.54 Å². The molecule has 5 nitrogen and oxygen atoms in total. The Morgan fingerprint density at radius 2 is 1.78 bits per heavy atom. The second-order valence-corrected chi connectivity index (χ2v) is 5.46. The lowest BCUT2D eigenvalue weighted by atomic mass is 10.2. The van der Waals surface area contributed by atoms with Crippen molar-refractivity contribution in [2.24, 2.45) is 0 Å². The molecule has 0 aliphatic rings. The Hall–Kier alpha value is -2.79. The lowest BCUT2D eigenvalue weighted by Crippen LogP contribution is -2.39. The number of hydrogen-bond donors (Lipinski definition) is 3. The van der Waals surface area contributed by atoms with E-state index in [4.69, 9.17) is 11.6 Å². The number of aromatic amines is 1. The maximum atomic E-state index is 11.9. The van der Waals surface area contributed by atoms with Crippen LogP contribution >= 0.6 is 11.6 Å². The van der Waals surface area contributed by atoms with Crippen molar-refractivity contribution in [2.45, 2.75) is 6.54 Å². The highest BCUT2D eigenvalue weighted by atomic mass is 35.5. The van der Waals surface area contributed by atoms with Gasteiger partial charge in [-0.2, -0.15) is 0 Å². The van der Waals surface area contributed by atoms with Gasteiger partial charge in [-0.25, -0.2) is 4.79 Å². The molecule has 2 aromatic carbocycles. The smallest absolute Gasteiger partial charge is 0.322 e. The summed E-state index contributed by atoms with van der Waals surface area (Å²) in [6.45, 7) is 0.300. The molecular weight excluding hydrogens is 314 g/mol. The highest BCUT2D eigenvalue weighted by molar-refractivity contribution is 6.30. The van der Waals surface area contributed by atoms with Gasteiger partial charge in [-0.15, -0.1) is 0 Å². The van der Waals surface area contributed by atoms with E-state index >= 15 is 0 Å². The van der Waals surface area contributed by atoms with Gasteiger partial charge >= 0.3 is 6.03 Å². The molecule has 3 aromatic rings. The van der Waals surface area contributed by atoms with E-state index in [1.807, 2.05) is 30.3 Å². The molecule has 23 heavy (non-hydrogen) atoms. The van der Waals surface area contributed by atoms with Gasteiger partial charge < -0.3 is 10.3 Å². The summed E-state index contributed by atoms with van der Waals surface area (Å²) in [5.74, 6) is -0.476. The molecule has 1 aromatic heterocycles. The van der Waals surface area contributed by atoms with E-state index < -0.39 is 11.9 Å². The molecule has 0 fully saturated rings. The second kappa shape index (κ2) is 6.54. The second-order valence-electron chi connectivity index (χ2n) is 5.03. The van der Waals surface area contributed by atoms with Crippen LogP contribution in [0.25, 0.3) is 10.9 Å². The van der Waals surface area contributed by atoms with Crippen molar-refractivity contribution in [2.75, 3.05) is 0 Å². The van der Waals surface area contributed by atoms with Crippen LogP contribution in [0.15, 0.2) is 54.6 Å². The number of rotatable bonds is 3. The molecule has 6 heteroatoms. The van der Waals surface area contributed by atoms with Crippen LogP contribution in [0.2, 0.25) is 5.02 Å². The van der Waals surface area contributed by atoms with Crippen molar-refractivity contribution in [1.82, 2.24) is 15.6 Å². The van der Waals surface area contributed by atoms with Crippen LogP contribution in [-0.4, -0.2) is 16.9 Å². The molecule has 3 amide bonds. The molecule has 0 aliphatic carbocycles. The third-order valence-corrected chi connectivity index (χ3v) is 3.61. The Bertz CT molecular complexity index is 823. The van der Waals surface area contributed by atoms with Gasteiger partial charge in [-0.05, 0) is 41.8 Å². The number of nitrogens with one attached hydrogen (secondary N) is 3. The summed E-state index contributed by atoms with van der Waals surface area (Å²) >= 11 is 5.76. The fourth-order valence-corrected chi connectivity index (χ4v) is 2.35. The minimum absolute atomic E-state index is 0.300. The summed E-state index contributed by atoms with van der Waals surface area (Å²) in [6.07, 6.45) is 0. The van der Waals surface area contributed by atoms with Gasteiger partial charge in [0.2, 0.25) is 0 Å². The number of urea groups is 1. The fraction of sp³-hybridized carbons (Fsp3) is 0.0588. The summed E-state index contributed by atoms with van der Waals surface area (Å²) in [7, 11) is 0. The number of carbonyl (C=O) groups excluding carboxylic acids is 2. The zero-order chi connectivity index (χ0) is 16.2. The Balaban J connectivity index is 1.56. The lowest BCUT2D eigenvalue weighted by molar-refractivity contribution is 0.0964. The standard InChI is InChI=1S/C17H14ClN3O2/c18-13-7-5-11(6-8-13)16(22)21-17(23)19-10-14-9-12-3-1-2-4-15(12)20-14/h1-9,20H,10H2,(H2,19,21,22,23). The summed E-state index contributed by atoms with van der Waals surface area (Å²) in [5, 5.41) is 6.52. The molecular formula is C17H14ClN3O2. The number of fused-ring (bicyclic) bond motifs is 1. The average molecular weight is 328 g/mol. The molecule has 1 heterocycles. The zero-order valence-corrected chi connectivity index (χ0v) is 12.9. The van der Waals surface area contributed by atoms with Gasteiger partial charge in [0.15, 0.2) is 0 Å². The SMILES string of the molecule is O=C(NCc1cc2ccccc2[nH]1)NC(=O)c1ccc(Cl)cc1. The van der Waals surface area contributed by atoms with Crippen molar-refractivity contribution < 1.29 is 9.59 Å². The van der Waals surface area contributed by atoms with Crippen molar-refractivity contribution in [3.63, 3.8) is 0 Å². The number of amides is 3. The van der Waals surface area contributed by atoms with Crippen molar-refractivity contribution in [3.05, 3.63) is 70.9 Å². The first-order valence-corrected chi connectivity index (χ1v) is 7.41. The monoisotopic (exact) mass is 327 g/mol. The third-order valence-electron chi connectivity index (χ3n) is 3.36. The Labute approximate surface area is 137 Å².